The van der Waals surface area contributed by atoms with Crippen LogP contribution in [-0.4, -0.2) is 13.0 Å². The lowest BCUT2D eigenvalue weighted by Gasteiger charge is -2.09. The molecule has 1 rings (SSSR count). The van der Waals surface area contributed by atoms with E-state index in [0.29, 0.717) is 12.4 Å². The summed E-state index contributed by atoms with van der Waals surface area (Å²) in [6.07, 6.45) is -4.66. The van der Waals surface area contributed by atoms with Crippen LogP contribution in [0.4, 0.5) is 13.2 Å². The Morgan fingerprint density at radius 2 is 1.86 bits per heavy atom. The summed E-state index contributed by atoms with van der Waals surface area (Å²) in [5, 5.41) is 0. The van der Waals surface area contributed by atoms with E-state index in [1.165, 1.54) is 18.2 Å². The Hall–Kier alpha value is -1.39. The highest BCUT2D eigenvalue weighted by molar-refractivity contribution is 5.32. The molecule has 78 valence electrons. The normalized spacial score (nSPS) is 11.1. The van der Waals surface area contributed by atoms with Gasteiger partial charge < -0.3 is 9.47 Å². The van der Waals surface area contributed by atoms with Crippen LogP contribution in [0, 0.1) is 0 Å². The molecule has 5 heteroatoms. The zero-order valence-electron chi connectivity index (χ0n) is 7.47. The third-order valence-corrected chi connectivity index (χ3v) is 1.35. The van der Waals surface area contributed by atoms with E-state index in [9.17, 15) is 13.2 Å². The SMILES string of the molecule is CCOc1cccc(OC(F)(F)F)c1. The van der Waals surface area contributed by atoms with Gasteiger partial charge in [-0.15, -0.1) is 13.2 Å². The maximum absolute atomic E-state index is 11.8. The van der Waals surface area contributed by atoms with Crippen molar-refractivity contribution in [2.75, 3.05) is 6.61 Å². The summed E-state index contributed by atoms with van der Waals surface area (Å²) in [6, 6.07) is 5.41. The van der Waals surface area contributed by atoms with E-state index in [1.54, 1.807) is 13.0 Å². The predicted molar refractivity (Wildman–Crippen MR) is 44.3 cm³/mol. The second-order valence-electron chi connectivity index (χ2n) is 2.46. The number of alkyl halides is 3. The first kappa shape index (κ1) is 10.7. The smallest absolute Gasteiger partial charge is 0.494 e. The average Bonchev–Trinajstić information content (AvgIpc) is 2.02. The molecule has 0 aliphatic rings. The van der Waals surface area contributed by atoms with Crippen LogP contribution in [0.25, 0.3) is 0 Å². The van der Waals surface area contributed by atoms with Crippen LogP contribution >= 0.6 is 0 Å². The van der Waals surface area contributed by atoms with E-state index in [1.807, 2.05) is 0 Å². The summed E-state index contributed by atoms with van der Waals surface area (Å²) in [5.74, 6) is 0.0812. The summed E-state index contributed by atoms with van der Waals surface area (Å²) in [6.45, 7) is 2.15. The Morgan fingerprint density at radius 3 is 2.43 bits per heavy atom. The van der Waals surface area contributed by atoms with Crippen molar-refractivity contribution in [1.29, 1.82) is 0 Å². The fraction of sp³-hybridized carbons (Fsp3) is 0.333. The molecule has 2 nitrogen and oxygen atoms in total. The number of rotatable bonds is 3. The van der Waals surface area contributed by atoms with Crippen molar-refractivity contribution < 1.29 is 22.6 Å². The summed E-state index contributed by atoms with van der Waals surface area (Å²) in [7, 11) is 0. The Balaban J connectivity index is 2.73. The second kappa shape index (κ2) is 4.21. The van der Waals surface area contributed by atoms with Crippen molar-refractivity contribution in [2.45, 2.75) is 13.3 Å². The van der Waals surface area contributed by atoms with Crippen LogP contribution in [0.2, 0.25) is 0 Å². The largest absolute Gasteiger partial charge is 0.573 e. The van der Waals surface area contributed by atoms with Gasteiger partial charge in [-0.3, -0.25) is 0 Å². The molecule has 0 saturated carbocycles. The minimum absolute atomic E-state index is 0.275. The third-order valence-electron chi connectivity index (χ3n) is 1.35. The molecule has 0 aliphatic carbocycles. The minimum atomic E-state index is -4.66. The van der Waals surface area contributed by atoms with E-state index in [4.69, 9.17) is 4.74 Å². The first-order chi connectivity index (χ1) is 6.51. The third kappa shape index (κ3) is 3.55. The van der Waals surface area contributed by atoms with Gasteiger partial charge in [-0.1, -0.05) is 6.07 Å². The Kier molecular flexibility index (Phi) is 3.22. The molecular formula is C9H9F3O2. The molecule has 0 unspecified atom stereocenters. The molecule has 14 heavy (non-hydrogen) atoms. The average molecular weight is 206 g/mol. The van der Waals surface area contributed by atoms with Gasteiger partial charge in [0.2, 0.25) is 0 Å². The Labute approximate surface area is 79.2 Å². The van der Waals surface area contributed by atoms with Crippen molar-refractivity contribution in [1.82, 2.24) is 0 Å². The van der Waals surface area contributed by atoms with Crippen LogP contribution in [0.5, 0.6) is 11.5 Å². The molecule has 0 fully saturated rings. The minimum Gasteiger partial charge on any atom is -0.494 e. The molecule has 0 spiro atoms. The van der Waals surface area contributed by atoms with Gasteiger partial charge in [0.05, 0.1) is 6.61 Å². The van der Waals surface area contributed by atoms with Crippen LogP contribution in [-0.2, 0) is 0 Å². The molecular weight excluding hydrogens is 197 g/mol. The number of ether oxygens (including phenoxy) is 2. The van der Waals surface area contributed by atoms with E-state index in [-0.39, 0.29) is 5.75 Å². The molecule has 0 aromatic heterocycles. The number of hydrogen-bond acceptors (Lipinski definition) is 2. The van der Waals surface area contributed by atoms with Gasteiger partial charge in [0.15, 0.2) is 0 Å². The van der Waals surface area contributed by atoms with Crippen LogP contribution < -0.4 is 9.47 Å². The second-order valence-corrected chi connectivity index (χ2v) is 2.46. The molecule has 0 bridgehead atoms. The van der Waals surface area contributed by atoms with Crippen LogP contribution in [0.1, 0.15) is 6.92 Å². The van der Waals surface area contributed by atoms with E-state index in [2.05, 4.69) is 4.74 Å². The highest BCUT2D eigenvalue weighted by atomic mass is 19.4. The van der Waals surface area contributed by atoms with E-state index in [0.717, 1.165) is 0 Å². The fourth-order valence-electron chi connectivity index (χ4n) is 0.928. The quantitative estimate of drug-likeness (QED) is 0.756. The zero-order valence-corrected chi connectivity index (χ0v) is 7.47. The molecule has 1 aromatic carbocycles. The molecule has 0 atom stereocenters. The summed E-state index contributed by atoms with van der Waals surface area (Å²) >= 11 is 0. The Bertz CT molecular complexity index is 296. The van der Waals surface area contributed by atoms with Gasteiger partial charge in [0.1, 0.15) is 11.5 Å². The number of hydrogen-bond donors (Lipinski definition) is 0. The van der Waals surface area contributed by atoms with E-state index < -0.39 is 6.36 Å². The number of halogens is 3. The van der Waals surface area contributed by atoms with Crippen LogP contribution in [0.15, 0.2) is 24.3 Å². The van der Waals surface area contributed by atoms with E-state index >= 15 is 0 Å². The highest BCUT2D eigenvalue weighted by Gasteiger charge is 2.31. The molecule has 0 N–H and O–H groups in total. The maximum atomic E-state index is 11.8. The first-order valence-electron chi connectivity index (χ1n) is 4.00. The standard InChI is InChI=1S/C9H9F3O2/c1-2-13-7-4-3-5-8(6-7)14-9(10,11)12/h3-6H,2H2,1H3. The molecule has 0 saturated heterocycles. The fourth-order valence-corrected chi connectivity index (χ4v) is 0.928. The van der Waals surface area contributed by atoms with Gasteiger partial charge in [-0.2, -0.15) is 0 Å². The predicted octanol–water partition coefficient (Wildman–Crippen LogP) is 2.98. The summed E-state index contributed by atoms with van der Waals surface area (Å²) in [4.78, 5) is 0. The van der Waals surface area contributed by atoms with Crippen molar-refractivity contribution in [3.8, 4) is 11.5 Å². The van der Waals surface area contributed by atoms with Crippen molar-refractivity contribution >= 4 is 0 Å². The summed E-state index contributed by atoms with van der Waals surface area (Å²) in [5.41, 5.74) is 0. The zero-order chi connectivity index (χ0) is 10.6. The molecule has 0 radical (unpaired) electrons. The van der Waals surface area contributed by atoms with Gasteiger partial charge in [0, 0.05) is 6.07 Å². The maximum Gasteiger partial charge on any atom is 0.573 e. The Morgan fingerprint density at radius 1 is 1.21 bits per heavy atom. The van der Waals surface area contributed by atoms with Gasteiger partial charge in [-0.05, 0) is 19.1 Å². The lowest BCUT2D eigenvalue weighted by Crippen LogP contribution is -2.17. The highest BCUT2D eigenvalue weighted by Crippen LogP contribution is 2.25. The lowest BCUT2D eigenvalue weighted by molar-refractivity contribution is -0.274. The summed E-state index contributed by atoms with van der Waals surface area (Å²) < 4.78 is 44.1. The van der Waals surface area contributed by atoms with Gasteiger partial charge in [-0.25, -0.2) is 0 Å². The van der Waals surface area contributed by atoms with Crippen molar-refractivity contribution in [3.05, 3.63) is 24.3 Å². The molecule has 0 amide bonds. The van der Waals surface area contributed by atoms with Gasteiger partial charge in [0.25, 0.3) is 0 Å². The molecule has 1 aromatic rings. The first-order valence-corrected chi connectivity index (χ1v) is 4.00. The lowest BCUT2D eigenvalue weighted by atomic mass is 10.3. The topological polar surface area (TPSA) is 18.5 Å². The molecule has 0 aliphatic heterocycles. The van der Waals surface area contributed by atoms with Crippen LogP contribution in [0.3, 0.4) is 0 Å². The monoisotopic (exact) mass is 206 g/mol. The van der Waals surface area contributed by atoms with Crippen molar-refractivity contribution in [2.24, 2.45) is 0 Å². The number of benzene rings is 1. The van der Waals surface area contributed by atoms with Gasteiger partial charge >= 0.3 is 6.36 Å². The van der Waals surface area contributed by atoms with Crippen molar-refractivity contribution in [3.63, 3.8) is 0 Å². The molecule has 0 heterocycles.